The maximum absolute atomic E-state index is 5.66. The van der Waals surface area contributed by atoms with Crippen molar-refractivity contribution < 1.29 is 31.4 Å². The van der Waals surface area contributed by atoms with E-state index in [1.54, 1.807) is 14.2 Å². The Morgan fingerprint density at radius 2 is 1.13 bits per heavy atom. The molecule has 0 unspecified atom stereocenters. The quantitative estimate of drug-likeness (QED) is 0.625. The molecule has 15 heavy (non-hydrogen) atoms. The van der Waals surface area contributed by atoms with Gasteiger partial charge in [0.1, 0.15) is 0 Å². The van der Waals surface area contributed by atoms with Gasteiger partial charge in [-0.1, -0.05) is 0 Å². The molecule has 0 saturated heterocycles. The zero-order valence-corrected chi connectivity index (χ0v) is 12.3. The van der Waals surface area contributed by atoms with E-state index in [-0.39, 0.29) is 0 Å². The van der Waals surface area contributed by atoms with Gasteiger partial charge in [-0.05, 0) is 0 Å². The minimum absolute atomic E-state index is 0.447. The third-order valence-electron chi connectivity index (χ3n) is 1.69. The molecule has 0 spiro atoms. The number of rotatable bonds is 8. The van der Waals surface area contributed by atoms with E-state index in [9.17, 15) is 0 Å². The summed E-state index contributed by atoms with van der Waals surface area (Å²) in [5, 5.41) is 0. The summed E-state index contributed by atoms with van der Waals surface area (Å²) < 4.78 is 21.9. The third kappa shape index (κ3) is 6.66. The molecular formula is C10H24O4Ti. The van der Waals surface area contributed by atoms with Crippen LogP contribution in [-0.2, 0) is 31.4 Å². The van der Waals surface area contributed by atoms with Crippen molar-refractivity contribution in [1.82, 2.24) is 0 Å². The predicted molar refractivity (Wildman–Crippen MR) is 55.6 cm³/mol. The second-order valence-electron chi connectivity index (χ2n) is 4.32. The summed E-state index contributed by atoms with van der Waals surface area (Å²) in [4.78, 5) is 0. The van der Waals surface area contributed by atoms with Crippen LogP contribution in [0.3, 0.4) is 0 Å². The summed E-state index contributed by atoms with van der Waals surface area (Å²) in [5.74, 6) is 0.894. The summed E-state index contributed by atoms with van der Waals surface area (Å²) in [6.45, 7) is 9.56. The van der Waals surface area contributed by atoms with E-state index in [1.165, 1.54) is 0 Å². The summed E-state index contributed by atoms with van der Waals surface area (Å²) >= 11 is -3.40. The Balaban J connectivity index is 4.17. The maximum atomic E-state index is 5.66. The third-order valence-corrected chi connectivity index (χ3v) is 4.87. The van der Waals surface area contributed by atoms with E-state index < -0.39 is 18.1 Å². The Morgan fingerprint density at radius 1 is 0.800 bits per heavy atom. The second-order valence-corrected chi connectivity index (χ2v) is 8.06. The van der Waals surface area contributed by atoms with Gasteiger partial charge < -0.3 is 0 Å². The van der Waals surface area contributed by atoms with Gasteiger partial charge in [-0.2, -0.15) is 0 Å². The van der Waals surface area contributed by atoms with Gasteiger partial charge in [-0.15, -0.1) is 0 Å². The number of hydrogen-bond donors (Lipinski definition) is 0. The van der Waals surface area contributed by atoms with Crippen LogP contribution in [0, 0.1) is 11.8 Å². The van der Waals surface area contributed by atoms with Crippen LogP contribution in [0.2, 0.25) is 0 Å². The molecule has 0 aliphatic rings. The van der Waals surface area contributed by atoms with Crippen LogP contribution in [0.25, 0.3) is 0 Å². The van der Waals surface area contributed by atoms with Crippen LogP contribution < -0.4 is 0 Å². The fraction of sp³-hybridized carbons (Fsp3) is 1.00. The van der Waals surface area contributed by atoms with Gasteiger partial charge >= 0.3 is 98.4 Å². The van der Waals surface area contributed by atoms with E-state index >= 15 is 0 Å². The summed E-state index contributed by atoms with van der Waals surface area (Å²) in [5.41, 5.74) is 0. The van der Waals surface area contributed by atoms with E-state index in [2.05, 4.69) is 27.7 Å². The zero-order valence-electron chi connectivity index (χ0n) is 10.7. The molecule has 4 nitrogen and oxygen atoms in total. The van der Waals surface area contributed by atoms with Gasteiger partial charge in [0.05, 0.1) is 0 Å². The Kier molecular flexibility index (Phi) is 8.05. The average Bonchev–Trinajstić information content (AvgIpc) is 2.19. The first-order valence-corrected chi connectivity index (χ1v) is 7.89. The van der Waals surface area contributed by atoms with E-state index in [4.69, 9.17) is 13.3 Å². The van der Waals surface area contributed by atoms with E-state index in [0.29, 0.717) is 25.0 Å². The van der Waals surface area contributed by atoms with Crippen molar-refractivity contribution in [1.29, 1.82) is 0 Å². The first kappa shape index (κ1) is 15.6. The molecule has 0 rings (SSSR count). The van der Waals surface area contributed by atoms with Crippen molar-refractivity contribution in [2.24, 2.45) is 11.8 Å². The Morgan fingerprint density at radius 3 is 1.33 bits per heavy atom. The van der Waals surface area contributed by atoms with Gasteiger partial charge in [-0.25, -0.2) is 0 Å². The van der Waals surface area contributed by atoms with Crippen LogP contribution >= 0.6 is 0 Å². The molecule has 0 heterocycles. The monoisotopic (exact) mass is 256 g/mol. The molecule has 0 aliphatic carbocycles. The summed E-state index contributed by atoms with van der Waals surface area (Å²) in [7, 11) is 3.17. The van der Waals surface area contributed by atoms with Crippen LogP contribution in [-0.4, -0.2) is 27.4 Å². The SMILES string of the molecule is C[O][Ti]([O]C)([O]CC(C)C)[O]CC(C)C. The van der Waals surface area contributed by atoms with Gasteiger partial charge in [0.15, 0.2) is 0 Å². The van der Waals surface area contributed by atoms with Crippen LogP contribution in [0.1, 0.15) is 27.7 Å². The Labute approximate surface area is 98.5 Å². The van der Waals surface area contributed by atoms with E-state index in [0.717, 1.165) is 0 Å². The van der Waals surface area contributed by atoms with Crippen molar-refractivity contribution >= 4 is 0 Å². The molecule has 0 aliphatic heterocycles. The fourth-order valence-corrected chi connectivity index (χ4v) is 3.70. The predicted octanol–water partition coefficient (Wildman–Crippen LogP) is 2.44. The number of hydrogen-bond acceptors (Lipinski definition) is 4. The Hall–Kier alpha value is 0.554. The molecule has 0 atom stereocenters. The van der Waals surface area contributed by atoms with Crippen LogP contribution in [0.5, 0.6) is 0 Å². The van der Waals surface area contributed by atoms with Gasteiger partial charge in [0, 0.05) is 0 Å². The van der Waals surface area contributed by atoms with Gasteiger partial charge in [0.25, 0.3) is 0 Å². The minimum atomic E-state index is -3.40. The summed E-state index contributed by atoms with van der Waals surface area (Å²) in [6, 6.07) is 0. The zero-order chi connectivity index (χ0) is 11.9. The standard InChI is InChI=1S/2C4H9O.2CH3O.Ti/c2*1-4(2)3-5;2*1-2;/h2*4H,3H2,1-2H3;2*1H3;/q4*-1;+4. The van der Waals surface area contributed by atoms with Gasteiger partial charge in [-0.3, -0.25) is 0 Å². The van der Waals surface area contributed by atoms with Gasteiger partial charge in [0.2, 0.25) is 0 Å². The molecule has 0 amide bonds. The molecule has 0 aromatic rings. The van der Waals surface area contributed by atoms with Crippen molar-refractivity contribution in [2.45, 2.75) is 27.7 Å². The molecular weight excluding hydrogens is 232 g/mol. The van der Waals surface area contributed by atoms with Crippen LogP contribution in [0.4, 0.5) is 0 Å². The second kappa shape index (κ2) is 7.77. The Bertz CT molecular complexity index is 144. The molecule has 0 N–H and O–H groups in total. The molecule has 0 bridgehead atoms. The van der Waals surface area contributed by atoms with Crippen molar-refractivity contribution in [3.63, 3.8) is 0 Å². The first-order chi connectivity index (χ1) is 6.95. The average molecular weight is 256 g/mol. The van der Waals surface area contributed by atoms with E-state index in [1.807, 2.05) is 0 Å². The molecule has 0 radical (unpaired) electrons. The molecule has 0 aromatic heterocycles. The summed E-state index contributed by atoms with van der Waals surface area (Å²) in [6.07, 6.45) is 0. The van der Waals surface area contributed by atoms with Crippen molar-refractivity contribution in [3.8, 4) is 0 Å². The van der Waals surface area contributed by atoms with Crippen molar-refractivity contribution in [3.05, 3.63) is 0 Å². The molecule has 0 aromatic carbocycles. The normalized spacial score (nSPS) is 12.8. The topological polar surface area (TPSA) is 36.9 Å². The molecule has 5 heteroatoms. The first-order valence-electron chi connectivity index (χ1n) is 5.34. The molecule has 0 fully saturated rings. The fourth-order valence-electron chi connectivity index (χ4n) is 0.898. The van der Waals surface area contributed by atoms with Crippen LogP contribution in [0.15, 0.2) is 0 Å². The molecule has 92 valence electrons. The van der Waals surface area contributed by atoms with Crippen molar-refractivity contribution in [2.75, 3.05) is 27.4 Å². The molecule has 0 saturated carbocycles.